The lowest BCUT2D eigenvalue weighted by Crippen LogP contribution is -2.39. The minimum atomic E-state index is -4.57. The van der Waals surface area contributed by atoms with Gasteiger partial charge in [0, 0.05) is 19.6 Å². The summed E-state index contributed by atoms with van der Waals surface area (Å²) in [6.45, 7) is 0.596. The van der Waals surface area contributed by atoms with Gasteiger partial charge in [-0.1, -0.05) is 24.3 Å². The van der Waals surface area contributed by atoms with Gasteiger partial charge < -0.3 is 14.5 Å². The Balaban J connectivity index is 2.09. The second-order valence-electron chi connectivity index (χ2n) is 6.53. The lowest BCUT2D eigenvalue weighted by molar-refractivity contribution is -0.141. The van der Waals surface area contributed by atoms with Gasteiger partial charge in [-0.25, -0.2) is 4.39 Å². The first-order chi connectivity index (χ1) is 13.2. The maximum Gasteiger partial charge on any atom is 0.419 e. The topological polar surface area (TPSA) is 32.8 Å². The highest BCUT2D eigenvalue weighted by Crippen LogP contribution is 2.35. The molecule has 0 fully saturated rings. The molecule has 0 aliphatic rings. The highest BCUT2D eigenvalue weighted by molar-refractivity contribution is 5.77. The van der Waals surface area contributed by atoms with Crippen molar-refractivity contribution in [2.75, 3.05) is 33.8 Å². The summed E-state index contributed by atoms with van der Waals surface area (Å²) in [5.41, 5.74) is -0.217. The number of benzene rings is 2. The molecular formula is C20H22F4N2O2. The molecule has 0 saturated heterocycles. The van der Waals surface area contributed by atoms with Crippen molar-refractivity contribution in [2.45, 2.75) is 12.7 Å². The number of ether oxygens (including phenoxy) is 1. The van der Waals surface area contributed by atoms with Gasteiger partial charge in [-0.3, -0.25) is 4.79 Å². The van der Waals surface area contributed by atoms with E-state index in [1.165, 1.54) is 35.2 Å². The number of nitrogens with zero attached hydrogens (tertiary/aromatic N) is 2. The van der Waals surface area contributed by atoms with Gasteiger partial charge in [0.1, 0.15) is 11.6 Å². The molecule has 8 heteroatoms. The van der Waals surface area contributed by atoms with E-state index in [9.17, 15) is 22.4 Å². The van der Waals surface area contributed by atoms with Gasteiger partial charge in [-0.2, -0.15) is 13.2 Å². The third-order valence-corrected chi connectivity index (χ3v) is 4.00. The Bertz CT molecular complexity index is 777. The summed E-state index contributed by atoms with van der Waals surface area (Å²) in [5, 5.41) is 0. The molecule has 0 aliphatic heterocycles. The fourth-order valence-electron chi connectivity index (χ4n) is 2.48. The smallest absolute Gasteiger partial charge is 0.419 e. The molecule has 28 heavy (non-hydrogen) atoms. The van der Waals surface area contributed by atoms with Crippen LogP contribution in [0.25, 0.3) is 0 Å². The summed E-state index contributed by atoms with van der Waals surface area (Å²) < 4.78 is 57.4. The molecular weight excluding hydrogens is 376 g/mol. The van der Waals surface area contributed by atoms with Crippen LogP contribution in [-0.2, 0) is 17.5 Å². The van der Waals surface area contributed by atoms with Crippen molar-refractivity contribution in [3.05, 3.63) is 65.5 Å². The number of hydrogen-bond acceptors (Lipinski definition) is 3. The SMILES string of the molecule is CN(C)CCN(Cc1ccc(F)cc1)C(=O)COc1ccccc1C(F)(F)F. The van der Waals surface area contributed by atoms with Crippen LogP contribution in [0.2, 0.25) is 0 Å². The standard InChI is InChI=1S/C20H22F4N2O2/c1-25(2)11-12-26(13-15-7-9-16(21)10-8-15)19(27)14-28-18-6-4-3-5-17(18)20(22,23)24/h3-10H,11-14H2,1-2H3. The molecule has 0 N–H and O–H groups in total. The zero-order chi connectivity index (χ0) is 20.7. The van der Waals surface area contributed by atoms with Crippen LogP contribution in [0, 0.1) is 5.82 Å². The molecule has 4 nitrogen and oxygen atoms in total. The number of para-hydroxylation sites is 1. The first-order valence-corrected chi connectivity index (χ1v) is 8.63. The first-order valence-electron chi connectivity index (χ1n) is 8.63. The van der Waals surface area contributed by atoms with Crippen LogP contribution < -0.4 is 4.74 Å². The van der Waals surface area contributed by atoms with Crippen LogP contribution in [0.1, 0.15) is 11.1 Å². The van der Waals surface area contributed by atoms with Gasteiger partial charge in [0.15, 0.2) is 6.61 Å². The Morgan fingerprint density at radius 3 is 2.25 bits per heavy atom. The molecule has 2 aromatic rings. The van der Waals surface area contributed by atoms with Gasteiger partial charge in [0.05, 0.1) is 5.56 Å². The van der Waals surface area contributed by atoms with E-state index in [0.29, 0.717) is 18.7 Å². The lowest BCUT2D eigenvalue weighted by atomic mass is 10.2. The number of halogens is 4. The zero-order valence-electron chi connectivity index (χ0n) is 15.7. The maximum absolute atomic E-state index is 13.1. The predicted octanol–water partition coefficient (Wildman–Crippen LogP) is 3.81. The fraction of sp³-hybridized carbons (Fsp3) is 0.350. The minimum absolute atomic E-state index is 0.206. The van der Waals surface area contributed by atoms with Crippen LogP contribution in [-0.4, -0.2) is 49.5 Å². The number of alkyl halides is 3. The summed E-state index contributed by atoms with van der Waals surface area (Å²) >= 11 is 0. The maximum atomic E-state index is 13.1. The monoisotopic (exact) mass is 398 g/mol. The van der Waals surface area contributed by atoms with E-state index in [1.54, 1.807) is 12.1 Å². The average molecular weight is 398 g/mol. The fourth-order valence-corrected chi connectivity index (χ4v) is 2.48. The average Bonchev–Trinajstić information content (AvgIpc) is 2.64. The number of carbonyl (C=O) groups is 1. The van der Waals surface area contributed by atoms with E-state index in [0.717, 1.165) is 6.07 Å². The zero-order valence-corrected chi connectivity index (χ0v) is 15.7. The molecule has 0 bridgehead atoms. The number of likely N-dealkylation sites (N-methyl/N-ethyl adjacent to an activating group) is 1. The van der Waals surface area contributed by atoms with Crippen molar-refractivity contribution >= 4 is 5.91 Å². The molecule has 0 spiro atoms. The summed E-state index contributed by atoms with van der Waals surface area (Å²) in [4.78, 5) is 15.9. The largest absolute Gasteiger partial charge is 0.483 e. The molecule has 1 amide bonds. The Morgan fingerprint density at radius 2 is 1.64 bits per heavy atom. The van der Waals surface area contributed by atoms with Gasteiger partial charge in [-0.15, -0.1) is 0 Å². The molecule has 0 atom stereocenters. The Labute approximate surface area is 161 Å². The second-order valence-corrected chi connectivity index (χ2v) is 6.53. The Kier molecular flexibility index (Phi) is 7.39. The molecule has 152 valence electrons. The van der Waals surface area contributed by atoms with E-state index >= 15 is 0 Å². The van der Waals surface area contributed by atoms with E-state index in [4.69, 9.17) is 4.74 Å². The summed E-state index contributed by atoms with van der Waals surface area (Å²) in [5.74, 6) is -1.23. The molecule has 2 aromatic carbocycles. The highest BCUT2D eigenvalue weighted by Gasteiger charge is 2.34. The quantitative estimate of drug-likeness (QED) is 0.634. The molecule has 0 saturated carbocycles. The summed E-state index contributed by atoms with van der Waals surface area (Å²) in [7, 11) is 3.69. The number of hydrogen-bond donors (Lipinski definition) is 0. The predicted molar refractivity (Wildman–Crippen MR) is 97.3 cm³/mol. The van der Waals surface area contributed by atoms with E-state index in [2.05, 4.69) is 0 Å². The van der Waals surface area contributed by atoms with Crippen molar-refractivity contribution in [3.8, 4) is 5.75 Å². The molecule has 0 radical (unpaired) electrons. The summed E-state index contributed by atoms with van der Waals surface area (Å²) in [6.07, 6.45) is -4.57. The van der Waals surface area contributed by atoms with Crippen molar-refractivity contribution in [2.24, 2.45) is 0 Å². The molecule has 2 rings (SSSR count). The van der Waals surface area contributed by atoms with Crippen molar-refractivity contribution < 1.29 is 27.1 Å². The van der Waals surface area contributed by atoms with Crippen LogP contribution >= 0.6 is 0 Å². The molecule has 0 aliphatic carbocycles. The second kappa shape index (κ2) is 9.54. The number of amides is 1. The minimum Gasteiger partial charge on any atom is -0.483 e. The summed E-state index contributed by atoms with van der Waals surface area (Å²) in [6, 6.07) is 10.5. The van der Waals surface area contributed by atoms with E-state index in [-0.39, 0.29) is 12.4 Å². The van der Waals surface area contributed by atoms with Gasteiger partial charge in [0.2, 0.25) is 0 Å². The van der Waals surface area contributed by atoms with Crippen molar-refractivity contribution in [3.63, 3.8) is 0 Å². The molecule has 0 unspecified atom stereocenters. The van der Waals surface area contributed by atoms with Crippen molar-refractivity contribution in [1.82, 2.24) is 9.80 Å². The molecule has 0 aromatic heterocycles. The number of rotatable bonds is 8. The third-order valence-electron chi connectivity index (χ3n) is 4.00. The normalized spacial score (nSPS) is 11.5. The third kappa shape index (κ3) is 6.53. The van der Waals surface area contributed by atoms with Crippen LogP contribution in [0.5, 0.6) is 5.75 Å². The van der Waals surface area contributed by atoms with E-state index < -0.39 is 30.0 Å². The van der Waals surface area contributed by atoms with Crippen LogP contribution in [0.3, 0.4) is 0 Å². The Morgan fingerprint density at radius 1 is 1.00 bits per heavy atom. The van der Waals surface area contributed by atoms with Gasteiger partial charge in [0.25, 0.3) is 5.91 Å². The van der Waals surface area contributed by atoms with Gasteiger partial charge in [-0.05, 0) is 43.9 Å². The van der Waals surface area contributed by atoms with Gasteiger partial charge >= 0.3 is 6.18 Å². The number of carbonyl (C=O) groups excluding carboxylic acids is 1. The first kappa shape index (κ1) is 21.7. The van der Waals surface area contributed by atoms with Crippen LogP contribution in [0.4, 0.5) is 17.6 Å². The molecule has 0 heterocycles. The van der Waals surface area contributed by atoms with E-state index in [1.807, 2.05) is 19.0 Å². The van der Waals surface area contributed by atoms with Crippen molar-refractivity contribution in [1.29, 1.82) is 0 Å². The lowest BCUT2D eigenvalue weighted by Gasteiger charge is -2.25. The Hall–Kier alpha value is -2.61. The highest BCUT2D eigenvalue weighted by atomic mass is 19.4. The van der Waals surface area contributed by atoms with Crippen LogP contribution in [0.15, 0.2) is 48.5 Å².